The highest BCUT2D eigenvalue weighted by molar-refractivity contribution is 5.92. The topological polar surface area (TPSA) is 53.3 Å². The molecular weight excluding hydrogens is 192 g/mol. The minimum atomic E-state index is -0.626. The molecule has 0 aliphatic rings. The van der Waals surface area contributed by atoms with Crippen LogP contribution in [-0.4, -0.2) is 32.1 Å². The number of rotatable bonds is 4. The standard InChI is InChI=1S/C11H14N2O2/c1-13(2)8-6-4-5-7-10(9-12)11(14)15-3/h4-8H,1-3H3/b5-4+,8-6?,10-7+. The summed E-state index contributed by atoms with van der Waals surface area (Å²) in [4.78, 5) is 12.8. The van der Waals surface area contributed by atoms with Crippen LogP contribution in [0.1, 0.15) is 0 Å². The molecule has 0 aromatic carbocycles. The lowest BCUT2D eigenvalue weighted by Gasteiger charge is -2.00. The molecule has 0 heterocycles. The molecule has 0 fully saturated rings. The second-order valence-electron chi connectivity index (χ2n) is 2.87. The molecule has 0 rings (SSSR count). The summed E-state index contributed by atoms with van der Waals surface area (Å²) < 4.78 is 4.41. The molecule has 0 bridgehead atoms. The van der Waals surface area contributed by atoms with Crippen molar-refractivity contribution in [3.63, 3.8) is 0 Å². The molecule has 0 amide bonds. The van der Waals surface area contributed by atoms with E-state index in [4.69, 9.17) is 5.26 Å². The van der Waals surface area contributed by atoms with Gasteiger partial charge in [0.15, 0.2) is 0 Å². The van der Waals surface area contributed by atoms with E-state index in [0.717, 1.165) is 0 Å². The van der Waals surface area contributed by atoms with Gasteiger partial charge in [0.2, 0.25) is 0 Å². The number of ether oxygens (including phenoxy) is 1. The third-order valence-corrected chi connectivity index (χ3v) is 1.40. The monoisotopic (exact) mass is 206 g/mol. The number of allylic oxidation sites excluding steroid dienone is 4. The van der Waals surface area contributed by atoms with Gasteiger partial charge < -0.3 is 9.64 Å². The van der Waals surface area contributed by atoms with E-state index in [1.54, 1.807) is 24.3 Å². The molecule has 0 unspecified atom stereocenters. The quantitative estimate of drug-likeness (QED) is 0.300. The highest BCUT2D eigenvalue weighted by atomic mass is 16.5. The fourth-order valence-electron chi connectivity index (χ4n) is 0.699. The highest BCUT2D eigenvalue weighted by Gasteiger charge is 2.05. The zero-order valence-electron chi connectivity index (χ0n) is 9.10. The van der Waals surface area contributed by atoms with E-state index in [9.17, 15) is 4.79 Å². The Bertz CT molecular complexity index is 333. The Labute approximate surface area is 89.7 Å². The Morgan fingerprint density at radius 3 is 2.47 bits per heavy atom. The Hall–Kier alpha value is -2.02. The van der Waals surface area contributed by atoms with E-state index >= 15 is 0 Å². The molecule has 0 aromatic rings. The molecule has 0 aliphatic carbocycles. The Kier molecular flexibility index (Phi) is 6.39. The summed E-state index contributed by atoms with van der Waals surface area (Å²) in [6.45, 7) is 0. The summed E-state index contributed by atoms with van der Waals surface area (Å²) in [5, 5.41) is 8.59. The normalized spacial score (nSPS) is 11.7. The maximum absolute atomic E-state index is 10.9. The van der Waals surface area contributed by atoms with Gasteiger partial charge in [0, 0.05) is 14.1 Å². The van der Waals surface area contributed by atoms with E-state index in [1.165, 1.54) is 13.2 Å². The van der Waals surface area contributed by atoms with E-state index in [0.29, 0.717) is 0 Å². The van der Waals surface area contributed by atoms with E-state index < -0.39 is 5.97 Å². The molecule has 0 saturated heterocycles. The second kappa shape index (κ2) is 7.39. The molecule has 80 valence electrons. The zero-order valence-corrected chi connectivity index (χ0v) is 9.10. The van der Waals surface area contributed by atoms with Crippen LogP contribution in [0.3, 0.4) is 0 Å². The Morgan fingerprint density at radius 2 is 2.00 bits per heavy atom. The molecule has 4 heteroatoms. The minimum absolute atomic E-state index is 0.0213. The van der Waals surface area contributed by atoms with E-state index in [2.05, 4.69) is 4.74 Å². The molecule has 0 saturated carbocycles. The van der Waals surface area contributed by atoms with Crippen molar-refractivity contribution in [2.24, 2.45) is 0 Å². The van der Waals surface area contributed by atoms with Crippen molar-refractivity contribution < 1.29 is 9.53 Å². The van der Waals surface area contributed by atoms with Crippen molar-refractivity contribution >= 4 is 5.97 Å². The van der Waals surface area contributed by atoms with Gasteiger partial charge in [-0.1, -0.05) is 12.2 Å². The number of carbonyl (C=O) groups excluding carboxylic acids is 1. The summed E-state index contributed by atoms with van der Waals surface area (Å²) in [5.74, 6) is -0.626. The van der Waals surface area contributed by atoms with Crippen LogP contribution < -0.4 is 0 Å². The number of nitrogens with zero attached hydrogens (tertiary/aromatic N) is 2. The van der Waals surface area contributed by atoms with E-state index in [-0.39, 0.29) is 5.57 Å². The molecule has 0 spiro atoms. The van der Waals surface area contributed by atoms with Crippen LogP contribution in [0.5, 0.6) is 0 Å². The average molecular weight is 206 g/mol. The first-order valence-electron chi connectivity index (χ1n) is 4.31. The zero-order chi connectivity index (χ0) is 11.7. The molecular formula is C11H14N2O2. The average Bonchev–Trinajstić information content (AvgIpc) is 2.22. The Morgan fingerprint density at radius 1 is 1.33 bits per heavy atom. The van der Waals surface area contributed by atoms with Crippen LogP contribution in [0.15, 0.2) is 36.1 Å². The lowest BCUT2D eigenvalue weighted by Crippen LogP contribution is -2.02. The van der Waals surface area contributed by atoms with Crippen molar-refractivity contribution in [2.75, 3.05) is 21.2 Å². The molecule has 0 aliphatic heterocycles. The van der Waals surface area contributed by atoms with Gasteiger partial charge in [-0.2, -0.15) is 5.26 Å². The van der Waals surface area contributed by atoms with Gasteiger partial charge >= 0.3 is 5.97 Å². The number of hydrogen-bond donors (Lipinski definition) is 0. The van der Waals surface area contributed by atoms with Crippen molar-refractivity contribution in [3.05, 3.63) is 36.1 Å². The summed E-state index contributed by atoms with van der Waals surface area (Å²) >= 11 is 0. The molecule has 0 radical (unpaired) electrons. The van der Waals surface area contributed by atoms with Crippen LogP contribution in [0, 0.1) is 11.3 Å². The highest BCUT2D eigenvalue weighted by Crippen LogP contribution is 1.96. The lowest BCUT2D eigenvalue weighted by molar-refractivity contribution is -0.135. The third-order valence-electron chi connectivity index (χ3n) is 1.40. The summed E-state index contributed by atoms with van der Waals surface area (Å²) in [7, 11) is 5.04. The van der Waals surface area contributed by atoms with Gasteiger partial charge in [-0.25, -0.2) is 4.79 Å². The van der Waals surface area contributed by atoms with Gasteiger partial charge in [-0.15, -0.1) is 0 Å². The largest absolute Gasteiger partial charge is 0.465 e. The van der Waals surface area contributed by atoms with Crippen molar-refractivity contribution in [1.82, 2.24) is 4.90 Å². The van der Waals surface area contributed by atoms with Gasteiger partial charge in [-0.05, 0) is 18.4 Å². The predicted molar refractivity (Wildman–Crippen MR) is 57.7 cm³/mol. The third kappa shape index (κ3) is 6.11. The molecule has 4 nitrogen and oxygen atoms in total. The SMILES string of the molecule is COC(=O)/C(C#N)=C/C=C/C=CN(C)C. The number of hydrogen-bond acceptors (Lipinski definition) is 4. The van der Waals surface area contributed by atoms with Crippen molar-refractivity contribution in [3.8, 4) is 6.07 Å². The summed E-state index contributed by atoms with van der Waals surface area (Å²) in [6.07, 6.45) is 8.37. The number of carbonyl (C=O) groups is 1. The number of esters is 1. The van der Waals surface area contributed by atoms with Crippen molar-refractivity contribution in [2.45, 2.75) is 0 Å². The summed E-state index contributed by atoms with van der Waals surface area (Å²) in [6, 6.07) is 1.75. The first-order chi connectivity index (χ1) is 7.11. The van der Waals surface area contributed by atoms with Gasteiger partial charge in [0.1, 0.15) is 11.6 Å². The van der Waals surface area contributed by atoms with E-state index in [1.807, 2.05) is 25.2 Å². The van der Waals surface area contributed by atoms with Crippen LogP contribution in [0.2, 0.25) is 0 Å². The lowest BCUT2D eigenvalue weighted by atomic mass is 10.2. The number of methoxy groups -OCH3 is 1. The maximum atomic E-state index is 10.9. The van der Waals surface area contributed by atoms with Crippen LogP contribution >= 0.6 is 0 Å². The van der Waals surface area contributed by atoms with Crippen LogP contribution in [-0.2, 0) is 9.53 Å². The van der Waals surface area contributed by atoms with Gasteiger partial charge in [0.25, 0.3) is 0 Å². The molecule has 0 aromatic heterocycles. The van der Waals surface area contributed by atoms with Crippen molar-refractivity contribution in [1.29, 1.82) is 5.26 Å². The van der Waals surface area contributed by atoms with Gasteiger partial charge in [-0.3, -0.25) is 0 Å². The fraction of sp³-hybridized carbons (Fsp3) is 0.273. The fourth-order valence-corrected chi connectivity index (χ4v) is 0.699. The first-order valence-corrected chi connectivity index (χ1v) is 4.31. The second-order valence-corrected chi connectivity index (χ2v) is 2.87. The smallest absolute Gasteiger partial charge is 0.348 e. The van der Waals surface area contributed by atoms with Gasteiger partial charge in [0.05, 0.1) is 7.11 Å². The molecule has 0 atom stereocenters. The summed E-state index contributed by atoms with van der Waals surface area (Å²) in [5.41, 5.74) is -0.0213. The van der Waals surface area contributed by atoms with Crippen LogP contribution in [0.25, 0.3) is 0 Å². The maximum Gasteiger partial charge on any atom is 0.348 e. The molecule has 0 N–H and O–H groups in total. The first kappa shape index (κ1) is 13.0. The molecule has 15 heavy (non-hydrogen) atoms. The predicted octanol–water partition coefficient (Wildman–Crippen LogP) is 1.24. The Balaban J connectivity index is 4.37. The van der Waals surface area contributed by atoms with Crippen LogP contribution in [0.4, 0.5) is 0 Å². The number of nitriles is 1. The minimum Gasteiger partial charge on any atom is -0.465 e.